The van der Waals surface area contributed by atoms with E-state index in [9.17, 15) is 15.1 Å². The first-order chi connectivity index (χ1) is 19.1. The lowest BCUT2D eigenvalue weighted by Gasteiger charge is -2.35. The number of amides is 1. The zero-order valence-electron chi connectivity index (χ0n) is 24.7. The highest BCUT2D eigenvalue weighted by Gasteiger charge is 2.45. The predicted octanol–water partition coefficient (Wildman–Crippen LogP) is 7.41. The van der Waals surface area contributed by atoms with Crippen molar-refractivity contribution >= 4 is 23.5 Å². The molecular weight excluding hydrogens is 549 g/mol. The maximum atomic E-state index is 15.1. The van der Waals surface area contributed by atoms with E-state index in [4.69, 9.17) is 21.1 Å². The van der Waals surface area contributed by atoms with Crippen molar-refractivity contribution in [3.05, 3.63) is 74.6 Å². The molecule has 0 radical (unpaired) electrons. The average molecular weight is 588 g/mol. The Kier molecular flexibility index (Phi) is 10.4. The van der Waals surface area contributed by atoms with Crippen molar-refractivity contribution in [2.24, 2.45) is 11.0 Å². The summed E-state index contributed by atoms with van der Waals surface area (Å²) < 4.78 is 26.6. The number of benzene rings is 1. The first kappa shape index (κ1) is 32.3. The average Bonchev–Trinajstić information content (AvgIpc) is 3.17. The standard InChI is InChI=1S/C30H39ClFN5O4/c1-18(2)26(19-8-10-21(31)11-9-19)27(35-36-33)25(38)14-20-15-34-16-24(32)23(20)13-12-22-17-40-30(6,7)37(22)28(39)41-29(3,4)5/h8-11,15-16,18,22,26-27H,12-14,17H2,1-7H3/t22-,26+,27+/m0/s1. The zero-order valence-corrected chi connectivity index (χ0v) is 25.5. The minimum atomic E-state index is -1.01. The van der Waals surface area contributed by atoms with Crippen molar-refractivity contribution in [1.29, 1.82) is 0 Å². The lowest BCUT2D eigenvalue weighted by atomic mass is 9.80. The fraction of sp³-hybridized carbons (Fsp3) is 0.567. The molecule has 0 saturated carbocycles. The minimum Gasteiger partial charge on any atom is -0.444 e. The Hall–Kier alpha value is -3.20. The first-order valence-electron chi connectivity index (χ1n) is 13.7. The van der Waals surface area contributed by atoms with E-state index >= 15 is 4.39 Å². The largest absolute Gasteiger partial charge is 0.444 e. The SMILES string of the molecule is CC(C)[C@H](c1ccc(Cl)cc1)[C@H](N=[N+]=[N-])C(=O)Cc1cncc(F)c1CC[C@H]1COC(C)(C)N1C(=O)OC(C)(C)C. The Bertz CT molecular complexity index is 1290. The molecule has 0 spiro atoms. The number of ketones is 1. The van der Waals surface area contributed by atoms with Gasteiger partial charge in [0.15, 0.2) is 0 Å². The molecule has 11 heteroatoms. The van der Waals surface area contributed by atoms with E-state index in [0.717, 1.165) is 11.8 Å². The maximum absolute atomic E-state index is 15.1. The van der Waals surface area contributed by atoms with Crippen LogP contribution in [-0.2, 0) is 27.1 Å². The molecule has 41 heavy (non-hydrogen) atoms. The Labute approximate surface area is 246 Å². The van der Waals surface area contributed by atoms with Gasteiger partial charge in [-0.3, -0.25) is 14.7 Å². The van der Waals surface area contributed by atoms with Gasteiger partial charge in [0.2, 0.25) is 0 Å². The number of aromatic nitrogens is 1. The molecule has 1 saturated heterocycles. The number of nitrogens with zero attached hydrogens (tertiary/aromatic N) is 5. The van der Waals surface area contributed by atoms with Crippen LogP contribution in [0.4, 0.5) is 9.18 Å². The maximum Gasteiger partial charge on any atom is 0.412 e. The van der Waals surface area contributed by atoms with Crippen LogP contribution in [0.15, 0.2) is 41.8 Å². The molecule has 0 aliphatic carbocycles. The molecule has 0 unspecified atom stereocenters. The van der Waals surface area contributed by atoms with E-state index in [0.29, 0.717) is 22.6 Å². The van der Waals surface area contributed by atoms with Gasteiger partial charge in [-0.15, -0.1) is 0 Å². The second-order valence-corrected chi connectivity index (χ2v) is 12.6. The normalized spacial score (nSPS) is 18.1. The van der Waals surface area contributed by atoms with Crippen LogP contribution in [0.25, 0.3) is 10.4 Å². The summed E-state index contributed by atoms with van der Waals surface area (Å²) in [5, 5.41) is 4.44. The number of carbonyl (C=O) groups excluding carboxylic acids is 2. The number of hydrogen-bond donors (Lipinski definition) is 0. The smallest absolute Gasteiger partial charge is 0.412 e. The summed E-state index contributed by atoms with van der Waals surface area (Å²) in [7, 11) is 0. The van der Waals surface area contributed by atoms with Crippen LogP contribution >= 0.6 is 11.6 Å². The van der Waals surface area contributed by atoms with E-state index in [-0.39, 0.29) is 37.2 Å². The quantitative estimate of drug-likeness (QED) is 0.163. The van der Waals surface area contributed by atoms with Crippen molar-refractivity contribution in [2.75, 3.05) is 6.61 Å². The summed E-state index contributed by atoms with van der Waals surface area (Å²) in [6.07, 6.45) is 2.52. The number of ether oxygens (including phenoxy) is 2. The van der Waals surface area contributed by atoms with E-state index in [1.54, 1.807) is 51.7 Å². The molecule has 1 aromatic heterocycles. The molecule has 1 aliphatic heterocycles. The molecule has 0 bridgehead atoms. The second kappa shape index (κ2) is 13.2. The van der Waals surface area contributed by atoms with Gasteiger partial charge in [0.1, 0.15) is 29.0 Å². The number of Topliss-reactive ketones (excluding diaryl/α,β-unsaturated/α-hetero) is 1. The van der Waals surface area contributed by atoms with Gasteiger partial charge in [-0.25, -0.2) is 9.18 Å². The summed E-state index contributed by atoms with van der Waals surface area (Å²) in [4.78, 5) is 35.2. The molecule has 222 valence electrons. The lowest BCUT2D eigenvalue weighted by Crippen LogP contribution is -2.50. The molecule has 2 heterocycles. The molecule has 0 N–H and O–H groups in total. The number of hydrogen-bond acceptors (Lipinski definition) is 6. The van der Waals surface area contributed by atoms with Crippen molar-refractivity contribution < 1.29 is 23.5 Å². The van der Waals surface area contributed by atoms with Gasteiger partial charge in [0.25, 0.3) is 0 Å². The lowest BCUT2D eigenvalue weighted by molar-refractivity contribution is -0.120. The van der Waals surface area contributed by atoms with Crippen LogP contribution in [0.1, 0.15) is 77.5 Å². The van der Waals surface area contributed by atoms with E-state index in [1.165, 1.54) is 6.20 Å². The summed E-state index contributed by atoms with van der Waals surface area (Å²) >= 11 is 6.06. The Morgan fingerprint density at radius 2 is 1.93 bits per heavy atom. The van der Waals surface area contributed by atoms with Gasteiger partial charge in [-0.1, -0.05) is 42.7 Å². The summed E-state index contributed by atoms with van der Waals surface area (Å²) in [5.74, 6) is -1.33. The third-order valence-electron chi connectivity index (χ3n) is 7.17. The Morgan fingerprint density at radius 1 is 1.27 bits per heavy atom. The van der Waals surface area contributed by atoms with Crippen LogP contribution in [0.2, 0.25) is 5.02 Å². The molecule has 1 fully saturated rings. The van der Waals surface area contributed by atoms with Gasteiger partial charge in [0, 0.05) is 28.5 Å². The first-order valence-corrected chi connectivity index (χ1v) is 14.1. The monoisotopic (exact) mass is 587 g/mol. The molecule has 9 nitrogen and oxygen atoms in total. The van der Waals surface area contributed by atoms with Gasteiger partial charge in [-0.2, -0.15) is 0 Å². The fourth-order valence-corrected chi connectivity index (χ4v) is 5.45. The summed E-state index contributed by atoms with van der Waals surface area (Å²) in [6.45, 7) is 13.1. The summed E-state index contributed by atoms with van der Waals surface area (Å²) in [6, 6.07) is 5.72. The van der Waals surface area contributed by atoms with Crippen LogP contribution in [0, 0.1) is 11.7 Å². The minimum absolute atomic E-state index is 0.0368. The van der Waals surface area contributed by atoms with Gasteiger partial charge < -0.3 is 9.47 Å². The van der Waals surface area contributed by atoms with Gasteiger partial charge >= 0.3 is 6.09 Å². The Morgan fingerprint density at radius 3 is 2.51 bits per heavy atom. The number of carbonyl (C=O) groups is 2. The molecule has 3 atom stereocenters. The van der Waals surface area contributed by atoms with Crippen molar-refractivity contribution in [3.8, 4) is 0 Å². The molecule has 2 aromatic rings. The summed E-state index contributed by atoms with van der Waals surface area (Å²) in [5.41, 5.74) is 9.30. The highest BCUT2D eigenvalue weighted by molar-refractivity contribution is 6.30. The molecule has 1 aromatic carbocycles. The Balaban J connectivity index is 1.85. The molecule has 3 rings (SSSR count). The van der Waals surface area contributed by atoms with Crippen molar-refractivity contribution in [3.63, 3.8) is 0 Å². The zero-order chi connectivity index (χ0) is 30.5. The highest BCUT2D eigenvalue weighted by Crippen LogP contribution is 2.34. The van der Waals surface area contributed by atoms with Gasteiger partial charge in [0.05, 0.1) is 18.8 Å². The van der Waals surface area contributed by atoms with Crippen LogP contribution in [0.3, 0.4) is 0 Å². The molecule has 1 aliphatic rings. The fourth-order valence-electron chi connectivity index (χ4n) is 5.32. The molecule has 1 amide bonds. The van der Waals surface area contributed by atoms with Crippen molar-refractivity contribution in [2.45, 2.75) is 97.1 Å². The highest BCUT2D eigenvalue weighted by atomic mass is 35.5. The topological polar surface area (TPSA) is 117 Å². The second-order valence-electron chi connectivity index (χ2n) is 12.2. The van der Waals surface area contributed by atoms with E-state index < -0.39 is 35.2 Å². The predicted molar refractivity (Wildman–Crippen MR) is 155 cm³/mol. The number of halogens is 2. The van der Waals surface area contributed by atoms with Crippen LogP contribution in [-0.4, -0.2) is 51.8 Å². The van der Waals surface area contributed by atoms with E-state index in [2.05, 4.69) is 15.0 Å². The number of rotatable bonds is 10. The third kappa shape index (κ3) is 8.18. The third-order valence-corrected chi connectivity index (χ3v) is 7.42. The van der Waals surface area contributed by atoms with Crippen LogP contribution < -0.4 is 0 Å². The van der Waals surface area contributed by atoms with Crippen molar-refractivity contribution in [1.82, 2.24) is 9.88 Å². The van der Waals surface area contributed by atoms with Crippen LogP contribution in [0.5, 0.6) is 0 Å². The number of pyridine rings is 1. The number of azide groups is 1. The molecular formula is C30H39ClFN5O4. The van der Waals surface area contributed by atoms with Gasteiger partial charge in [-0.05, 0) is 87.7 Å². The van der Waals surface area contributed by atoms with E-state index in [1.807, 2.05) is 26.0 Å².